The number of rotatable bonds is 11. The van der Waals surface area contributed by atoms with Crippen LogP contribution in [0, 0.1) is 17.2 Å². The van der Waals surface area contributed by atoms with E-state index < -0.39 is 30.1 Å². The van der Waals surface area contributed by atoms with Crippen molar-refractivity contribution < 1.29 is 26.6 Å². The van der Waals surface area contributed by atoms with Gasteiger partial charge < -0.3 is 29.9 Å². The Morgan fingerprint density at radius 1 is 1.07 bits per heavy atom. The Morgan fingerprint density at radius 2 is 1.83 bits per heavy atom. The molecule has 0 radical (unpaired) electrons. The Bertz CT molecular complexity index is 1430. The second kappa shape index (κ2) is 16.8. The van der Waals surface area contributed by atoms with Gasteiger partial charge in [0, 0.05) is 26.7 Å². The molecule has 0 bridgehead atoms. The molecule has 5 rings (SSSR count). The van der Waals surface area contributed by atoms with Crippen LogP contribution in [-0.4, -0.2) is 72.6 Å². The molecule has 0 spiro atoms. The fourth-order valence-corrected chi connectivity index (χ4v) is 7.26. The van der Waals surface area contributed by atoms with Crippen LogP contribution >= 0.6 is 11.3 Å². The second-order valence-corrected chi connectivity index (χ2v) is 13.4. The van der Waals surface area contributed by atoms with E-state index in [0.717, 1.165) is 49.0 Å². The summed E-state index contributed by atoms with van der Waals surface area (Å²) in [7, 11) is 1.45. The highest BCUT2D eigenvalue weighted by atomic mass is 32.1. The number of benzene rings is 1. The molecule has 2 atom stereocenters. The van der Waals surface area contributed by atoms with Gasteiger partial charge in [-0.15, -0.1) is 11.3 Å². The Kier molecular flexibility index (Phi) is 11.3. The molecule has 1 aliphatic heterocycles. The number of thiophene rings is 1. The van der Waals surface area contributed by atoms with Gasteiger partial charge in [0.1, 0.15) is 6.04 Å². The van der Waals surface area contributed by atoms with E-state index in [2.05, 4.69) is 16.7 Å². The van der Waals surface area contributed by atoms with Crippen molar-refractivity contribution in [2.45, 2.75) is 102 Å². The number of nitrogens with zero attached hydrogens (tertiary/aromatic N) is 3. The van der Waals surface area contributed by atoms with E-state index in [1.54, 1.807) is 23.1 Å². The molecule has 11 heteroatoms. The van der Waals surface area contributed by atoms with Crippen LogP contribution in [-0.2, 0) is 22.6 Å². The van der Waals surface area contributed by atoms with Gasteiger partial charge in [-0.25, -0.2) is 4.79 Å². The van der Waals surface area contributed by atoms with E-state index in [9.17, 15) is 15.8 Å². The minimum atomic E-state index is -0.996. The van der Waals surface area contributed by atoms with Gasteiger partial charge in [-0.05, 0) is 54.3 Å². The van der Waals surface area contributed by atoms with Crippen molar-refractivity contribution in [3.63, 3.8) is 0 Å². The van der Waals surface area contributed by atoms with Gasteiger partial charge in [0.05, 0.1) is 38.7 Å². The van der Waals surface area contributed by atoms with Gasteiger partial charge in [0.2, 0.25) is 11.8 Å². The minimum absolute atomic E-state index is 0.0829. The minimum Gasteiger partial charge on any atom is -0.493 e. The fraction of sp³-hybridized carbons (Fsp3) is 0.600. The van der Waals surface area contributed by atoms with Crippen molar-refractivity contribution in [3.05, 3.63) is 46.2 Å². The summed E-state index contributed by atoms with van der Waals surface area (Å²) in [5.41, 5.74) is 0.720. The lowest BCUT2D eigenvalue weighted by Gasteiger charge is -2.42. The monoisotopic (exact) mass is 651 g/mol. The number of hydrogen-bond acceptors (Lipinski definition) is 8. The van der Waals surface area contributed by atoms with Gasteiger partial charge >= 0.3 is 6.09 Å². The first-order chi connectivity index (χ1) is 23.1. The molecule has 2 aliphatic carbocycles. The fourth-order valence-electron chi connectivity index (χ4n) is 6.61. The third kappa shape index (κ3) is 9.01. The van der Waals surface area contributed by atoms with E-state index >= 15 is 0 Å². The van der Waals surface area contributed by atoms with Crippen molar-refractivity contribution >= 4 is 29.2 Å². The van der Waals surface area contributed by atoms with Crippen LogP contribution in [0.25, 0.3) is 0 Å². The lowest BCUT2D eigenvalue weighted by molar-refractivity contribution is -0.145. The molecule has 1 aromatic carbocycles. The molecule has 3 fully saturated rings. The normalized spacial score (nSPS) is 22.0. The highest BCUT2D eigenvalue weighted by Crippen LogP contribution is 2.31. The standard InChI is InChI=1S/C35H47N5O5S/c1-44-32-22-26(16-17-36)14-15-31(32)45-35(43)39-18-19-40(30(24-39)33(41)37-23-28-13-8-20-46-28)34(42)29(21-25-9-4-2-5-10-25)38-27-11-6-3-7-12-27/h8,13-15,20,22,25,27,29-30,38H,2-7,9-12,16,18-19,21,23-24H2,1H3,(H,37,41)/t29-,30-/m0/s1/i25D,27D. The summed E-state index contributed by atoms with van der Waals surface area (Å²) in [5.74, 6) is -0.970. The summed E-state index contributed by atoms with van der Waals surface area (Å²) in [6, 6.07) is 8.07. The van der Waals surface area contributed by atoms with Crippen LogP contribution in [0.4, 0.5) is 4.79 Å². The summed E-state index contributed by atoms with van der Waals surface area (Å²) < 4.78 is 29.5. The predicted molar refractivity (Wildman–Crippen MR) is 177 cm³/mol. The van der Waals surface area contributed by atoms with Gasteiger partial charge in [-0.1, -0.05) is 63.5 Å². The average Bonchev–Trinajstić information content (AvgIpc) is 3.61. The van der Waals surface area contributed by atoms with Crippen LogP contribution in [0.1, 0.15) is 83.8 Å². The molecule has 2 heterocycles. The molecule has 2 saturated carbocycles. The van der Waals surface area contributed by atoms with Crippen molar-refractivity contribution in [2.24, 2.45) is 5.89 Å². The maximum atomic E-state index is 14.6. The smallest absolute Gasteiger partial charge is 0.415 e. The van der Waals surface area contributed by atoms with Gasteiger partial charge in [0.25, 0.3) is 0 Å². The van der Waals surface area contributed by atoms with Crippen LogP contribution in [0.5, 0.6) is 11.5 Å². The van der Waals surface area contributed by atoms with E-state index in [1.807, 2.05) is 17.5 Å². The molecule has 3 aliphatic rings. The quantitative estimate of drug-likeness (QED) is 0.333. The Labute approximate surface area is 279 Å². The molecule has 2 N–H and O–H groups in total. The molecule has 46 heavy (non-hydrogen) atoms. The zero-order valence-electron chi connectivity index (χ0n) is 28.7. The van der Waals surface area contributed by atoms with Gasteiger partial charge in [0.15, 0.2) is 11.5 Å². The van der Waals surface area contributed by atoms with E-state index in [4.69, 9.17) is 16.1 Å². The zero-order valence-corrected chi connectivity index (χ0v) is 27.5. The van der Waals surface area contributed by atoms with Gasteiger partial charge in [-0.3, -0.25) is 9.59 Å². The number of nitriles is 1. The molecular weight excluding hydrogens is 602 g/mol. The number of nitrogens with one attached hydrogen (secondary N) is 2. The van der Waals surface area contributed by atoms with E-state index in [-0.39, 0.29) is 50.0 Å². The first kappa shape index (κ1) is 31.0. The Balaban J connectivity index is 1.37. The van der Waals surface area contributed by atoms with Crippen molar-refractivity contribution in [2.75, 3.05) is 26.7 Å². The molecular formula is C35H47N5O5S. The van der Waals surface area contributed by atoms with Gasteiger partial charge in [-0.2, -0.15) is 5.26 Å². The number of ether oxygens (including phenoxy) is 2. The predicted octanol–water partition coefficient (Wildman–Crippen LogP) is 5.41. The summed E-state index contributed by atoms with van der Waals surface area (Å²) in [5, 5.41) is 17.3. The second-order valence-electron chi connectivity index (χ2n) is 12.4. The van der Waals surface area contributed by atoms with Crippen LogP contribution in [0.3, 0.4) is 0 Å². The van der Waals surface area contributed by atoms with E-state index in [0.29, 0.717) is 38.0 Å². The first-order valence-corrected chi connectivity index (χ1v) is 17.4. The highest BCUT2D eigenvalue weighted by Gasteiger charge is 2.41. The highest BCUT2D eigenvalue weighted by molar-refractivity contribution is 7.09. The maximum Gasteiger partial charge on any atom is 0.415 e. The first-order valence-electron chi connectivity index (χ1n) is 17.5. The number of carbonyl (C=O) groups excluding carboxylic acids is 3. The third-order valence-corrected chi connectivity index (χ3v) is 10.0. The molecule has 10 nitrogen and oxygen atoms in total. The molecule has 248 valence electrons. The summed E-state index contributed by atoms with van der Waals surface area (Å²) in [6.45, 7) is 0.440. The molecule has 0 unspecified atom stereocenters. The maximum absolute atomic E-state index is 14.6. The Morgan fingerprint density at radius 3 is 2.52 bits per heavy atom. The van der Waals surface area contributed by atoms with Crippen LogP contribution < -0.4 is 20.1 Å². The summed E-state index contributed by atoms with van der Waals surface area (Å²) >= 11 is 1.51. The number of hydrogen-bond donors (Lipinski definition) is 2. The summed E-state index contributed by atoms with van der Waals surface area (Å²) in [4.78, 5) is 45.8. The largest absolute Gasteiger partial charge is 0.493 e. The van der Waals surface area contributed by atoms with Crippen molar-refractivity contribution in [1.29, 1.82) is 5.26 Å². The average molecular weight is 652 g/mol. The van der Waals surface area contributed by atoms with Crippen molar-refractivity contribution in [3.8, 4) is 17.6 Å². The summed E-state index contributed by atoms with van der Waals surface area (Å²) in [6.07, 6.45) is 8.28. The zero-order chi connectivity index (χ0) is 34.1. The SMILES string of the molecule is [2H]C1(C[C@H](NC2([2H])CCCCC2)C(=O)N2CCN(C(=O)Oc3ccc(CC#N)cc3OC)C[C@H]2C(=O)NCc2cccs2)CCCCC1. The Hall–Kier alpha value is -3.62. The molecule has 1 saturated heterocycles. The molecule has 1 aromatic heterocycles. The molecule has 2 aromatic rings. The third-order valence-electron chi connectivity index (χ3n) is 9.14. The van der Waals surface area contributed by atoms with E-state index in [1.165, 1.54) is 23.3 Å². The number of methoxy groups -OCH3 is 1. The number of piperazine rings is 1. The number of amides is 3. The van der Waals surface area contributed by atoms with Crippen LogP contribution in [0.2, 0.25) is 0 Å². The number of carbonyl (C=O) groups is 3. The van der Waals surface area contributed by atoms with Crippen LogP contribution in [0.15, 0.2) is 35.7 Å². The topological polar surface area (TPSA) is 124 Å². The molecule has 3 amide bonds. The van der Waals surface area contributed by atoms with Crippen molar-refractivity contribution in [1.82, 2.24) is 20.4 Å². The lowest BCUT2D eigenvalue weighted by atomic mass is 9.83. The lowest BCUT2D eigenvalue weighted by Crippen LogP contribution is -2.64.